The van der Waals surface area contributed by atoms with E-state index in [1.807, 2.05) is 0 Å². The molecule has 0 heterocycles. The summed E-state index contributed by atoms with van der Waals surface area (Å²) >= 11 is 0. The average molecular weight is 172 g/mol. The number of rotatable bonds is 2. The van der Waals surface area contributed by atoms with Gasteiger partial charge >= 0.3 is 0 Å². The fourth-order valence-corrected chi connectivity index (χ4v) is 0.684. The van der Waals surface area contributed by atoms with E-state index in [0.29, 0.717) is 6.07 Å². The molecule has 5 heteroatoms. The minimum absolute atomic E-state index is 0.0436. The molecule has 12 heavy (non-hydrogen) atoms. The van der Waals surface area contributed by atoms with Gasteiger partial charge in [-0.1, -0.05) is 0 Å². The number of hydrogen-bond donors (Lipinski definition) is 2. The van der Waals surface area contributed by atoms with Gasteiger partial charge in [-0.2, -0.15) is 0 Å². The van der Waals surface area contributed by atoms with Crippen molar-refractivity contribution in [3.63, 3.8) is 0 Å². The first kappa shape index (κ1) is 8.61. The van der Waals surface area contributed by atoms with Crippen LogP contribution in [0, 0.1) is 11.6 Å². The fraction of sp³-hybridized carbons (Fsp3) is 0. The van der Waals surface area contributed by atoms with Gasteiger partial charge < -0.3 is 0 Å². The molecule has 0 atom stereocenters. The summed E-state index contributed by atoms with van der Waals surface area (Å²) in [6, 6.07) is 2.95. The lowest BCUT2D eigenvalue weighted by Crippen LogP contribution is -2.01. The molecule has 0 radical (unpaired) electrons. The van der Waals surface area contributed by atoms with Crippen molar-refractivity contribution in [2.75, 3.05) is 0 Å². The largest absolute Gasteiger partial charge is 0.290 e. The van der Waals surface area contributed by atoms with Crippen molar-refractivity contribution in [2.24, 2.45) is 4.99 Å². The zero-order valence-corrected chi connectivity index (χ0v) is 5.96. The number of hydrogen-bond acceptors (Lipinski definition) is 2. The van der Waals surface area contributed by atoms with E-state index < -0.39 is 11.6 Å². The number of nitrogens with one attached hydrogen (secondary N) is 1. The lowest BCUT2D eigenvalue weighted by Gasteiger charge is -1.94. The third-order valence-electron chi connectivity index (χ3n) is 1.17. The quantitative estimate of drug-likeness (QED) is 0.404. The third-order valence-corrected chi connectivity index (χ3v) is 1.17. The van der Waals surface area contributed by atoms with Crippen LogP contribution in [0.5, 0.6) is 0 Å². The first-order valence-electron chi connectivity index (χ1n) is 3.11. The molecule has 1 rings (SSSR count). The molecule has 2 N–H and O–H groups in total. The maximum Gasteiger partial charge on any atom is 0.151 e. The summed E-state index contributed by atoms with van der Waals surface area (Å²) in [5.74, 6) is -1.44. The monoisotopic (exact) mass is 172 g/mol. The van der Waals surface area contributed by atoms with E-state index in [9.17, 15) is 8.78 Å². The Morgan fingerprint density at radius 3 is 2.75 bits per heavy atom. The van der Waals surface area contributed by atoms with Gasteiger partial charge in [-0.3, -0.25) is 10.7 Å². The Morgan fingerprint density at radius 2 is 2.17 bits per heavy atom. The van der Waals surface area contributed by atoms with Gasteiger partial charge in [0.25, 0.3) is 0 Å². The van der Waals surface area contributed by atoms with Crippen LogP contribution in [-0.4, -0.2) is 11.5 Å². The number of nitrogens with zero attached hydrogens (tertiary/aromatic N) is 1. The summed E-state index contributed by atoms with van der Waals surface area (Å²) in [6.07, 6.45) is 0.885. The molecule has 3 nitrogen and oxygen atoms in total. The highest BCUT2D eigenvalue weighted by Crippen LogP contribution is 2.17. The van der Waals surface area contributed by atoms with Crippen molar-refractivity contribution in [3.05, 3.63) is 29.8 Å². The Morgan fingerprint density at radius 1 is 1.42 bits per heavy atom. The van der Waals surface area contributed by atoms with Crippen molar-refractivity contribution < 1.29 is 14.0 Å². The van der Waals surface area contributed by atoms with Gasteiger partial charge in [-0.25, -0.2) is 13.8 Å². The molecule has 0 bridgehead atoms. The molecule has 0 saturated heterocycles. The van der Waals surface area contributed by atoms with Crippen LogP contribution in [0.15, 0.2) is 23.2 Å². The zero-order chi connectivity index (χ0) is 8.97. The molecule has 0 spiro atoms. The predicted molar refractivity (Wildman–Crippen MR) is 39.4 cm³/mol. The molecule has 0 aliphatic heterocycles. The second-order valence-electron chi connectivity index (χ2n) is 1.98. The van der Waals surface area contributed by atoms with E-state index in [0.717, 1.165) is 12.4 Å². The smallest absolute Gasteiger partial charge is 0.151 e. The van der Waals surface area contributed by atoms with Gasteiger partial charge in [0.15, 0.2) is 5.82 Å². The van der Waals surface area contributed by atoms with E-state index in [1.165, 1.54) is 6.07 Å². The van der Waals surface area contributed by atoms with Gasteiger partial charge in [0.05, 0.1) is 0 Å². The molecule has 0 saturated carbocycles. The van der Waals surface area contributed by atoms with Gasteiger partial charge in [0.1, 0.15) is 17.8 Å². The Balaban J connectivity index is 2.94. The summed E-state index contributed by atoms with van der Waals surface area (Å²) in [5.41, 5.74) is 1.56. The van der Waals surface area contributed by atoms with Crippen molar-refractivity contribution in [1.29, 1.82) is 0 Å². The molecular formula is C7H6F2N2O. The summed E-state index contributed by atoms with van der Waals surface area (Å²) in [4.78, 5) is 3.44. The van der Waals surface area contributed by atoms with Gasteiger partial charge in [0, 0.05) is 6.07 Å². The molecule has 0 aliphatic rings. The molecule has 64 valence electrons. The Bertz CT molecular complexity index is 301. The van der Waals surface area contributed by atoms with Crippen LogP contribution in [0.1, 0.15) is 0 Å². The minimum atomic E-state index is -0.776. The summed E-state index contributed by atoms with van der Waals surface area (Å²) in [5, 5.41) is 8.08. The molecule has 1 aromatic carbocycles. The standard InChI is InChI=1S/C7H6F2N2O/c8-5-1-2-7(6(9)3-5)10-4-11-12/h1-4,12H,(H,10,11). The van der Waals surface area contributed by atoms with Crippen LogP contribution in [0.4, 0.5) is 14.5 Å². The highest BCUT2D eigenvalue weighted by molar-refractivity contribution is 5.59. The fourth-order valence-electron chi connectivity index (χ4n) is 0.684. The molecule has 0 fully saturated rings. The summed E-state index contributed by atoms with van der Waals surface area (Å²) in [6.45, 7) is 0. The number of aliphatic imine (C=N–C) groups is 1. The van der Waals surface area contributed by atoms with Crippen LogP contribution in [0.3, 0.4) is 0 Å². The minimum Gasteiger partial charge on any atom is -0.290 e. The van der Waals surface area contributed by atoms with Crippen LogP contribution in [0.2, 0.25) is 0 Å². The van der Waals surface area contributed by atoms with Gasteiger partial charge in [-0.15, -0.1) is 0 Å². The van der Waals surface area contributed by atoms with Crippen LogP contribution in [-0.2, 0) is 0 Å². The molecule has 0 unspecified atom stereocenters. The second kappa shape index (κ2) is 3.77. The lowest BCUT2D eigenvalue weighted by atomic mass is 10.3. The summed E-state index contributed by atoms with van der Waals surface area (Å²) in [7, 11) is 0. The molecular weight excluding hydrogens is 166 g/mol. The van der Waals surface area contributed by atoms with Crippen LogP contribution in [0.25, 0.3) is 0 Å². The zero-order valence-electron chi connectivity index (χ0n) is 5.96. The second-order valence-corrected chi connectivity index (χ2v) is 1.98. The molecule has 0 aromatic heterocycles. The lowest BCUT2D eigenvalue weighted by molar-refractivity contribution is 0.240. The highest BCUT2D eigenvalue weighted by Gasteiger charge is 2.00. The normalized spacial score (nSPS) is 10.6. The van der Waals surface area contributed by atoms with E-state index in [-0.39, 0.29) is 5.69 Å². The number of halogens is 2. The van der Waals surface area contributed by atoms with E-state index >= 15 is 0 Å². The first-order chi connectivity index (χ1) is 5.74. The Labute approximate surface area is 67.3 Å². The summed E-state index contributed by atoms with van der Waals surface area (Å²) < 4.78 is 25.0. The van der Waals surface area contributed by atoms with Crippen molar-refractivity contribution in [3.8, 4) is 0 Å². The van der Waals surface area contributed by atoms with Crippen molar-refractivity contribution in [2.45, 2.75) is 0 Å². The average Bonchev–Trinajstić information content (AvgIpc) is 2.03. The SMILES string of the molecule is ONC=Nc1ccc(F)cc1F. The van der Waals surface area contributed by atoms with Crippen molar-refractivity contribution in [1.82, 2.24) is 5.48 Å². The maximum atomic E-state index is 12.7. The van der Waals surface area contributed by atoms with Gasteiger partial charge in [0.2, 0.25) is 0 Å². The topological polar surface area (TPSA) is 44.6 Å². The molecule has 0 aliphatic carbocycles. The van der Waals surface area contributed by atoms with Gasteiger partial charge in [-0.05, 0) is 12.1 Å². The molecule has 0 amide bonds. The Hall–Kier alpha value is -1.49. The first-order valence-corrected chi connectivity index (χ1v) is 3.11. The highest BCUT2D eigenvalue weighted by atomic mass is 19.1. The number of benzene rings is 1. The Kier molecular flexibility index (Phi) is 2.71. The molecule has 1 aromatic rings. The maximum absolute atomic E-state index is 12.7. The van der Waals surface area contributed by atoms with Crippen LogP contribution >= 0.6 is 0 Å². The van der Waals surface area contributed by atoms with Crippen LogP contribution < -0.4 is 5.48 Å². The predicted octanol–water partition coefficient (Wildman–Crippen LogP) is 1.60. The van der Waals surface area contributed by atoms with E-state index in [2.05, 4.69) is 4.99 Å². The van der Waals surface area contributed by atoms with Crippen molar-refractivity contribution >= 4 is 12.0 Å². The third kappa shape index (κ3) is 2.00. The van der Waals surface area contributed by atoms with E-state index in [1.54, 1.807) is 5.48 Å². The number of hydroxylamine groups is 1. The van der Waals surface area contributed by atoms with E-state index in [4.69, 9.17) is 5.21 Å².